The Morgan fingerprint density at radius 1 is 0.800 bits per heavy atom. The molecule has 0 fully saturated rings. The summed E-state index contributed by atoms with van der Waals surface area (Å²) in [6.45, 7) is 3.67. The van der Waals surface area contributed by atoms with Crippen molar-refractivity contribution in [2.75, 3.05) is 12.4 Å². The molecule has 3 rings (SSSR count). The monoisotopic (exact) mass is 402 g/mol. The van der Waals surface area contributed by atoms with Crippen molar-refractivity contribution in [1.29, 1.82) is 0 Å². The second-order valence-corrected chi connectivity index (χ2v) is 7.31. The number of nitrogens with one attached hydrogen (secondary N) is 2. The molecule has 0 saturated carbocycles. The number of methoxy groups -OCH3 is 1. The zero-order valence-electron chi connectivity index (χ0n) is 17.4. The van der Waals surface area contributed by atoms with E-state index in [1.165, 1.54) is 0 Å². The summed E-state index contributed by atoms with van der Waals surface area (Å²) in [5, 5.41) is 5.94. The highest BCUT2D eigenvalue weighted by atomic mass is 16.5. The summed E-state index contributed by atoms with van der Waals surface area (Å²) in [6.07, 6.45) is 0. The molecule has 0 spiro atoms. The van der Waals surface area contributed by atoms with Crippen LogP contribution in [0.2, 0.25) is 0 Å². The molecule has 5 heteroatoms. The average Bonchev–Trinajstić information content (AvgIpc) is 2.78. The van der Waals surface area contributed by atoms with Gasteiger partial charge in [-0.15, -0.1) is 0 Å². The Labute approximate surface area is 177 Å². The first kappa shape index (κ1) is 21.1. The van der Waals surface area contributed by atoms with E-state index in [2.05, 4.69) is 10.6 Å². The first-order valence-corrected chi connectivity index (χ1v) is 9.88. The van der Waals surface area contributed by atoms with Crippen LogP contribution in [0.25, 0.3) is 0 Å². The molecule has 3 aromatic rings. The van der Waals surface area contributed by atoms with Crippen molar-refractivity contribution in [3.8, 4) is 5.75 Å². The van der Waals surface area contributed by atoms with Gasteiger partial charge in [0, 0.05) is 17.2 Å². The third kappa shape index (κ3) is 5.26. The van der Waals surface area contributed by atoms with Crippen molar-refractivity contribution < 1.29 is 14.3 Å². The second-order valence-electron chi connectivity index (χ2n) is 7.31. The smallest absolute Gasteiger partial charge is 0.252 e. The maximum atomic E-state index is 12.9. The van der Waals surface area contributed by atoms with Gasteiger partial charge in [0.25, 0.3) is 5.91 Å². The Hall–Kier alpha value is -3.60. The van der Waals surface area contributed by atoms with Crippen LogP contribution < -0.4 is 15.4 Å². The molecule has 5 nitrogen and oxygen atoms in total. The molecular weight excluding hydrogens is 376 g/mol. The Morgan fingerprint density at radius 3 is 1.97 bits per heavy atom. The van der Waals surface area contributed by atoms with Gasteiger partial charge in [-0.1, -0.05) is 56.3 Å². The Morgan fingerprint density at radius 2 is 1.40 bits per heavy atom. The number of benzene rings is 3. The first-order chi connectivity index (χ1) is 14.5. The topological polar surface area (TPSA) is 67.4 Å². The summed E-state index contributed by atoms with van der Waals surface area (Å²) in [5.41, 5.74) is 3.13. The number of hydrogen-bond donors (Lipinski definition) is 2. The van der Waals surface area contributed by atoms with Crippen molar-refractivity contribution in [3.63, 3.8) is 0 Å². The highest BCUT2D eigenvalue weighted by molar-refractivity contribution is 5.96. The standard InChI is InChI=1S/C25H26N2O3/c1-17(2)24(28)26-21-13-9-20(10-14-21)25(29)27-23(18-7-5-4-6-8-18)19-11-15-22(30-3)16-12-19/h4-17,23H,1-3H3,(H,26,28)(H,27,29). The predicted molar refractivity (Wildman–Crippen MR) is 119 cm³/mol. The number of ether oxygens (including phenoxy) is 1. The molecule has 2 amide bonds. The van der Waals surface area contributed by atoms with Crippen molar-refractivity contribution >= 4 is 17.5 Å². The zero-order valence-corrected chi connectivity index (χ0v) is 17.4. The van der Waals surface area contributed by atoms with E-state index >= 15 is 0 Å². The Kier molecular flexibility index (Phi) is 6.86. The lowest BCUT2D eigenvalue weighted by Gasteiger charge is -2.20. The van der Waals surface area contributed by atoms with Gasteiger partial charge in [0.05, 0.1) is 13.2 Å². The first-order valence-electron chi connectivity index (χ1n) is 9.88. The highest BCUT2D eigenvalue weighted by Crippen LogP contribution is 2.25. The van der Waals surface area contributed by atoms with Gasteiger partial charge in [0.15, 0.2) is 0 Å². The highest BCUT2D eigenvalue weighted by Gasteiger charge is 2.18. The number of carbonyl (C=O) groups excluding carboxylic acids is 2. The van der Waals surface area contributed by atoms with Gasteiger partial charge < -0.3 is 15.4 Å². The minimum absolute atomic E-state index is 0.0594. The molecule has 154 valence electrons. The second kappa shape index (κ2) is 9.74. The lowest BCUT2D eigenvalue weighted by molar-refractivity contribution is -0.118. The van der Waals surface area contributed by atoms with Gasteiger partial charge in [-0.05, 0) is 47.5 Å². The Bertz CT molecular complexity index is 981. The maximum Gasteiger partial charge on any atom is 0.252 e. The van der Waals surface area contributed by atoms with Crippen molar-refractivity contribution in [1.82, 2.24) is 5.32 Å². The van der Waals surface area contributed by atoms with E-state index in [9.17, 15) is 9.59 Å². The minimum atomic E-state index is -0.301. The summed E-state index contributed by atoms with van der Waals surface area (Å²) in [4.78, 5) is 24.8. The van der Waals surface area contributed by atoms with E-state index < -0.39 is 0 Å². The number of amides is 2. The van der Waals surface area contributed by atoms with Crippen LogP contribution in [-0.4, -0.2) is 18.9 Å². The molecule has 0 heterocycles. The largest absolute Gasteiger partial charge is 0.497 e. The van der Waals surface area contributed by atoms with Crippen molar-refractivity contribution in [2.45, 2.75) is 19.9 Å². The molecule has 1 unspecified atom stereocenters. The Balaban J connectivity index is 1.80. The van der Waals surface area contributed by atoms with Gasteiger partial charge in [-0.3, -0.25) is 9.59 Å². The van der Waals surface area contributed by atoms with Gasteiger partial charge in [-0.2, -0.15) is 0 Å². The maximum absolute atomic E-state index is 12.9. The number of anilines is 1. The van der Waals surface area contributed by atoms with Crippen LogP contribution in [0.15, 0.2) is 78.9 Å². The van der Waals surface area contributed by atoms with E-state index in [1.807, 2.05) is 68.4 Å². The van der Waals surface area contributed by atoms with Crippen molar-refractivity contribution in [3.05, 3.63) is 95.6 Å². The third-order valence-corrected chi connectivity index (χ3v) is 4.80. The normalized spacial score (nSPS) is 11.6. The number of rotatable bonds is 7. The molecule has 30 heavy (non-hydrogen) atoms. The molecule has 3 aromatic carbocycles. The van der Waals surface area contributed by atoms with E-state index in [1.54, 1.807) is 31.4 Å². The van der Waals surface area contributed by atoms with Crippen molar-refractivity contribution in [2.24, 2.45) is 5.92 Å². The van der Waals surface area contributed by atoms with Crippen LogP contribution in [0.4, 0.5) is 5.69 Å². The van der Waals surface area contributed by atoms with E-state index in [0.29, 0.717) is 11.3 Å². The lowest BCUT2D eigenvalue weighted by atomic mass is 9.98. The summed E-state index contributed by atoms with van der Waals surface area (Å²) in [7, 11) is 1.62. The quantitative estimate of drug-likeness (QED) is 0.596. The molecular formula is C25H26N2O3. The molecule has 2 N–H and O–H groups in total. The summed E-state index contributed by atoms with van der Waals surface area (Å²) in [5.74, 6) is 0.400. The number of hydrogen-bond acceptors (Lipinski definition) is 3. The fourth-order valence-electron chi connectivity index (χ4n) is 3.01. The third-order valence-electron chi connectivity index (χ3n) is 4.80. The SMILES string of the molecule is COc1ccc(C(NC(=O)c2ccc(NC(=O)C(C)C)cc2)c2ccccc2)cc1. The zero-order chi connectivity index (χ0) is 21.5. The molecule has 0 radical (unpaired) electrons. The minimum Gasteiger partial charge on any atom is -0.497 e. The molecule has 1 atom stereocenters. The molecule has 0 bridgehead atoms. The molecule has 0 aromatic heterocycles. The van der Waals surface area contributed by atoms with Crippen LogP contribution >= 0.6 is 0 Å². The van der Waals surface area contributed by atoms with Gasteiger partial charge >= 0.3 is 0 Å². The lowest BCUT2D eigenvalue weighted by Crippen LogP contribution is -2.29. The molecule has 0 aliphatic heterocycles. The summed E-state index contributed by atoms with van der Waals surface area (Å²) in [6, 6.07) is 24.1. The molecule has 0 aliphatic rings. The van der Waals surface area contributed by atoms with Crippen LogP contribution in [-0.2, 0) is 4.79 Å². The van der Waals surface area contributed by atoms with Gasteiger partial charge in [0.2, 0.25) is 5.91 Å². The van der Waals surface area contributed by atoms with Gasteiger partial charge in [-0.25, -0.2) is 0 Å². The predicted octanol–water partition coefficient (Wildman–Crippen LogP) is 4.81. The van der Waals surface area contributed by atoms with Crippen LogP contribution in [0.5, 0.6) is 5.75 Å². The van der Waals surface area contributed by atoms with Crippen LogP contribution in [0.3, 0.4) is 0 Å². The van der Waals surface area contributed by atoms with Crippen LogP contribution in [0.1, 0.15) is 41.4 Å². The van der Waals surface area contributed by atoms with E-state index in [4.69, 9.17) is 4.74 Å². The summed E-state index contributed by atoms with van der Waals surface area (Å²) < 4.78 is 5.24. The molecule has 0 aliphatic carbocycles. The van der Waals surface area contributed by atoms with Crippen LogP contribution in [0, 0.1) is 5.92 Å². The fourth-order valence-corrected chi connectivity index (χ4v) is 3.01. The average molecular weight is 402 g/mol. The van der Waals surface area contributed by atoms with E-state index in [0.717, 1.165) is 16.9 Å². The summed E-state index contributed by atoms with van der Waals surface area (Å²) >= 11 is 0. The molecule has 0 saturated heterocycles. The fraction of sp³-hybridized carbons (Fsp3) is 0.200. The van der Waals surface area contributed by atoms with E-state index in [-0.39, 0.29) is 23.8 Å². The number of carbonyl (C=O) groups is 2. The van der Waals surface area contributed by atoms with Gasteiger partial charge in [0.1, 0.15) is 5.75 Å².